The molecule has 0 spiro atoms. The number of amides is 2. The standard InChI is InChI=1S/C32H41N3O4S/c1-6-26(5)33-32(37)30(7-2)34(21-20-27-14-10-8-11-15-27)31(36)23-35(28-19-18-24(3)25(4)22-28)40(38,39)29-16-12-9-13-17-29/h8-19,22,26,30H,6-7,20-21,23H2,1-5H3,(H,33,37)/t26-,30-/m0/s1. The molecule has 1 N–H and O–H groups in total. The molecule has 0 aliphatic rings. The number of rotatable bonds is 13. The molecule has 2 atom stereocenters. The smallest absolute Gasteiger partial charge is 0.264 e. The lowest BCUT2D eigenvalue weighted by molar-refractivity contribution is -0.139. The summed E-state index contributed by atoms with van der Waals surface area (Å²) < 4.78 is 29.0. The number of benzene rings is 3. The van der Waals surface area contributed by atoms with Crippen molar-refractivity contribution in [2.75, 3.05) is 17.4 Å². The summed E-state index contributed by atoms with van der Waals surface area (Å²) in [6.45, 7) is 9.49. The van der Waals surface area contributed by atoms with Crippen molar-refractivity contribution in [1.29, 1.82) is 0 Å². The summed E-state index contributed by atoms with van der Waals surface area (Å²) in [7, 11) is -4.07. The number of hydrogen-bond acceptors (Lipinski definition) is 4. The van der Waals surface area contributed by atoms with Gasteiger partial charge >= 0.3 is 0 Å². The van der Waals surface area contributed by atoms with Crippen LogP contribution in [0, 0.1) is 13.8 Å². The van der Waals surface area contributed by atoms with Gasteiger partial charge in [-0.05, 0) is 81.0 Å². The van der Waals surface area contributed by atoms with Crippen molar-refractivity contribution in [3.05, 3.63) is 95.6 Å². The first-order valence-electron chi connectivity index (χ1n) is 13.9. The minimum absolute atomic E-state index is 0.0434. The molecule has 0 heterocycles. The summed E-state index contributed by atoms with van der Waals surface area (Å²) in [5.74, 6) is -0.665. The van der Waals surface area contributed by atoms with Crippen LogP contribution >= 0.6 is 0 Å². The molecule has 8 heteroatoms. The van der Waals surface area contributed by atoms with Crippen LogP contribution < -0.4 is 9.62 Å². The van der Waals surface area contributed by atoms with Crippen LogP contribution in [0.3, 0.4) is 0 Å². The highest BCUT2D eigenvalue weighted by Gasteiger charge is 2.33. The Morgan fingerprint density at radius 3 is 2.05 bits per heavy atom. The molecule has 3 aromatic rings. The SMILES string of the molecule is CC[C@H](C)NC(=O)[C@H](CC)N(CCc1ccccc1)C(=O)CN(c1ccc(C)c(C)c1)S(=O)(=O)c1ccccc1. The van der Waals surface area contributed by atoms with Gasteiger partial charge in [-0.2, -0.15) is 0 Å². The molecular formula is C32H41N3O4S. The first-order valence-corrected chi connectivity index (χ1v) is 15.3. The summed E-state index contributed by atoms with van der Waals surface area (Å²) in [5, 5.41) is 3.00. The normalized spacial score (nSPS) is 12.8. The Kier molecular flexibility index (Phi) is 10.9. The number of sulfonamides is 1. The zero-order valence-corrected chi connectivity index (χ0v) is 24.9. The van der Waals surface area contributed by atoms with E-state index in [-0.39, 0.29) is 23.4 Å². The van der Waals surface area contributed by atoms with Crippen LogP contribution in [0.4, 0.5) is 5.69 Å². The zero-order valence-electron chi connectivity index (χ0n) is 24.1. The monoisotopic (exact) mass is 563 g/mol. The van der Waals surface area contributed by atoms with Crippen LogP contribution in [0.2, 0.25) is 0 Å². The minimum Gasteiger partial charge on any atom is -0.352 e. The van der Waals surface area contributed by atoms with Crippen molar-refractivity contribution < 1.29 is 18.0 Å². The van der Waals surface area contributed by atoms with Crippen LogP contribution in [0.1, 0.15) is 50.3 Å². The molecule has 0 aromatic heterocycles. The predicted octanol–water partition coefficient (Wildman–Crippen LogP) is 5.26. The summed E-state index contributed by atoms with van der Waals surface area (Å²) in [6.07, 6.45) is 1.70. The Morgan fingerprint density at radius 2 is 1.48 bits per heavy atom. The molecule has 0 saturated carbocycles. The van der Waals surface area contributed by atoms with E-state index in [1.54, 1.807) is 35.2 Å². The lowest BCUT2D eigenvalue weighted by Crippen LogP contribution is -2.54. The van der Waals surface area contributed by atoms with E-state index in [0.29, 0.717) is 18.5 Å². The van der Waals surface area contributed by atoms with Gasteiger partial charge in [0.05, 0.1) is 10.6 Å². The van der Waals surface area contributed by atoms with Crippen LogP contribution in [0.5, 0.6) is 0 Å². The van der Waals surface area contributed by atoms with E-state index < -0.39 is 28.5 Å². The second-order valence-corrected chi connectivity index (χ2v) is 12.0. The zero-order chi connectivity index (χ0) is 29.3. The highest BCUT2D eigenvalue weighted by atomic mass is 32.2. The number of nitrogens with one attached hydrogen (secondary N) is 1. The van der Waals surface area contributed by atoms with Gasteiger partial charge in [0, 0.05) is 12.6 Å². The fraction of sp³-hybridized carbons (Fsp3) is 0.375. The second kappa shape index (κ2) is 14.1. The van der Waals surface area contributed by atoms with Gasteiger partial charge in [0.1, 0.15) is 12.6 Å². The average Bonchev–Trinajstić information content (AvgIpc) is 2.96. The Morgan fingerprint density at radius 1 is 0.850 bits per heavy atom. The number of anilines is 1. The molecule has 7 nitrogen and oxygen atoms in total. The fourth-order valence-electron chi connectivity index (χ4n) is 4.47. The molecule has 0 fully saturated rings. The molecule has 0 bridgehead atoms. The van der Waals surface area contributed by atoms with E-state index in [4.69, 9.17) is 0 Å². The van der Waals surface area contributed by atoms with Gasteiger partial charge in [-0.15, -0.1) is 0 Å². The van der Waals surface area contributed by atoms with E-state index in [2.05, 4.69) is 5.32 Å². The number of aryl methyl sites for hydroxylation is 2. The maximum Gasteiger partial charge on any atom is 0.264 e. The molecule has 0 radical (unpaired) electrons. The average molecular weight is 564 g/mol. The Bertz CT molecular complexity index is 1380. The van der Waals surface area contributed by atoms with Crippen molar-refractivity contribution in [1.82, 2.24) is 10.2 Å². The third-order valence-corrected chi connectivity index (χ3v) is 9.05. The third kappa shape index (κ3) is 7.72. The molecule has 0 saturated heterocycles. The van der Waals surface area contributed by atoms with Crippen molar-refractivity contribution in [3.8, 4) is 0 Å². The predicted molar refractivity (Wildman–Crippen MR) is 161 cm³/mol. The van der Waals surface area contributed by atoms with E-state index in [0.717, 1.165) is 27.4 Å². The Balaban J connectivity index is 2.02. The van der Waals surface area contributed by atoms with Crippen molar-refractivity contribution in [3.63, 3.8) is 0 Å². The van der Waals surface area contributed by atoms with Crippen molar-refractivity contribution >= 4 is 27.5 Å². The van der Waals surface area contributed by atoms with Gasteiger partial charge < -0.3 is 10.2 Å². The largest absolute Gasteiger partial charge is 0.352 e. The van der Waals surface area contributed by atoms with E-state index in [1.807, 2.05) is 71.0 Å². The van der Waals surface area contributed by atoms with Crippen LogP contribution in [0.15, 0.2) is 83.8 Å². The topological polar surface area (TPSA) is 86.8 Å². The first-order chi connectivity index (χ1) is 19.1. The summed E-state index contributed by atoms with van der Waals surface area (Å²) in [4.78, 5) is 29.0. The fourth-order valence-corrected chi connectivity index (χ4v) is 5.89. The van der Waals surface area contributed by atoms with Gasteiger partial charge in [0.15, 0.2) is 0 Å². The van der Waals surface area contributed by atoms with Crippen molar-refractivity contribution in [2.24, 2.45) is 0 Å². The highest BCUT2D eigenvalue weighted by molar-refractivity contribution is 7.92. The molecule has 2 amide bonds. The molecular weight excluding hydrogens is 522 g/mol. The van der Waals surface area contributed by atoms with Gasteiger partial charge in [-0.1, -0.05) is 68.4 Å². The lowest BCUT2D eigenvalue weighted by atomic mass is 10.1. The quantitative estimate of drug-likeness (QED) is 0.307. The molecule has 214 valence electrons. The molecule has 3 aromatic carbocycles. The van der Waals surface area contributed by atoms with Gasteiger partial charge in [0.25, 0.3) is 10.0 Å². The lowest BCUT2D eigenvalue weighted by Gasteiger charge is -2.34. The van der Waals surface area contributed by atoms with Crippen LogP contribution in [0.25, 0.3) is 0 Å². The van der Waals surface area contributed by atoms with Gasteiger partial charge in [-0.3, -0.25) is 13.9 Å². The molecule has 3 rings (SSSR count). The summed E-state index contributed by atoms with van der Waals surface area (Å²) in [6, 6.07) is 22.4. The molecule has 40 heavy (non-hydrogen) atoms. The van der Waals surface area contributed by atoms with Crippen LogP contribution in [-0.4, -0.2) is 50.3 Å². The highest BCUT2D eigenvalue weighted by Crippen LogP contribution is 2.26. The minimum atomic E-state index is -4.07. The first kappa shape index (κ1) is 30.9. The number of carbonyl (C=O) groups is 2. The summed E-state index contributed by atoms with van der Waals surface area (Å²) >= 11 is 0. The Labute approximate surface area is 239 Å². The van der Waals surface area contributed by atoms with Gasteiger partial charge in [0.2, 0.25) is 11.8 Å². The Hall–Kier alpha value is -3.65. The summed E-state index contributed by atoms with van der Waals surface area (Å²) in [5.41, 5.74) is 3.36. The number of carbonyl (C=O) groups excluding carboxylic acids is 2. The number of hydrogen-bond donors (Lipinski definition) is 1. The second-order valence-electron chi connectivity index (χ2n) is 10.2. The maximum absolute atomic E-state index is 14.1. The van der Waals surface area contributed by atoms with E-state index in [1.165, 1.54) is 12.1 Å². The molecule has 0 unspecified atom stereocenters. The third-order valence-electron chi connectivity index (χ3n) is 7.26. The number of nitrogens with zero attached hydrogens (tertiary/aromatic N) is 2. The van der Waals surface area contributed by atoms with Crippen molar-refractivity contribution in [2.45, 2.75) is 70.9 Å². The molecule has 0 aliphatic heterocycles. The molecule has 0 aliphatic carbocycles. The van der Waals surface area contributed by atoms with E-state index in [9.17, 15) is 18.0 Å². The van der Waals surface area contributed by atoms with Crippen LogP contribution in [-0.2, 0) is 26.0 Å². The maximum atomic E-state index is 14.1. The van der Waals surface area contributed by atoms with E-state index >= 15 is 0 Å². The van der Waals surface area contributed by atoms with Gasteiger partial charge in [-0.25, -0.2) is 8.42 Å².